The third-order valence-electron chi connectivity index (χ3n) is 18.4. The maximum absolute atomic E-state index is 12.0. The van der Waals surface area contributed by atoms with Gasteiger partial charge in [-0.15, -0.1) is 0 Å². The van der Waals surface area contributed by atoms with E-state index >= 15 is 0 Å². The van der Waals surface area contributed by atoms with Crippen LogP contribution in [0.5, 0.6) is 0 Å². The van der Waals surface area contributed by atoms with Crippen molar-refractivity contribution in [2.24, 2.45) is 0 Å². The van der Waals surface area contributed by atoms with Crippen molar-refractivity contribution >= 4 is 287 Å². The Hall–Kier alpha value is -1.92. The zero-order valence-corrected chi connectivity index (χ0v) is 61.2. The molecule has 18 nitrogen and oxygen atoms in total. The summed E-state index contributed by atoms with van der Waals surface area (Å²) in [6.45, 7) is 30.2. The Bertz CT molecular complexity index is 2790. The summed E-state index contributed by atoms with van der Waals surface area (Å²) in [6, 6.07) is 10.6. The molecular formula is C46H71B31Br2FN9O9. The van der Waals surface area contributed by atoms with E-state index in [0.717, 1.165) is 52.2 Å². The number of rotatable bonds is 16. The van der Waals surface area contributed by atoms with Crippen LogP contribution < -0.4 is 36.5 Å². The van der Waals surface area contributed by atoms with Crippen molar-refractivity contribution in [3.8, 4) is 0 Å². The summed E-state index contributed by atoms with van der Waals surface area (Å²) in [5.41, 5.74) is -1.27. The molecule has 0 saturated carbocycles. The lowest BCUT2D eigenvalue weighted by molar-refractivity contribution is -0.121. The zero-order valence-electron chi connectivity index (χ0n) is 58.0. The van der Waals surface area contributed by atoms with Crippen molar-refractivity contribution in [1.29, 1.82) is 0 Å². The Balaban J connectivity index is 0.000000321. The SMILES string of the molecule is C.CC1(C)OB(B2OC(C)(C)C(C)(C)O2)OC1(C)C.CC1(C)OB(c2ccc(N3CCNC(=O)C3)nc2)OC1(C)C.Fc1ccc(Br)cn1.O=C1CN(c2ccc(Br)cn2)CCN1.O=C1CNCCN1.[B]B([B])B([B])B(B(B([B])[B])B([B])[B])B(B(B([B])[B])B([B])[B])B(B([B])[B])B([B])[B]. The van der Waals surface area contributed by atoms with E-state index in [1.165, 1.54) is 12.3 Å². The first-order chi connectivity index (χ1) is 44.8. The second-order valence-electron chi connectivity index (χ2n) is 27.5. The van der Waals surface area contributed by atoms with E-state index in [1.54, 1.807) is 18.5 Å². The molecule has 0 atom stereocenters. The van der Waals surface area contributed by atoms with Crippen LogP contribution in [0.1, 0.15) is 90.5 Å². The minimum Gasteiger partial charge on any atom is -0.405 e. The number of carbonyl (C=O) groups excluding carboxylic acids is 3. The Morgan fingerprint density at radius 1 is 0.439 bits per heavy atom. The smallest absolute Gasteiger partial charge is 0.405 e. The molecule has 30 radical (unpaired) electrons. The van der Waals surface area contributed by atoms with Crippen molar-refractivity contribution in [2.45, 2.75) is 124 Å². The summed E-state index contributed by atoms with van der Waals surface area (Å²) < 4.78 is 49.6. The Morgan fingerprint density at radius 3 is 1.06 bits per heavy atom. The molecule has 3 amide bonds. The van der Waals surface area contributed by atoms with Gasteiger partial charge in [0, 0.05) is 271 Å². The first-order valence-corrected chi connectivity index (χ1v) is 33.6. The van der Waals surface area contributed by atoms with Gasteiger partial charge < -0.3 is 59.0 Å². The van der Waals surface area contributed by atoms with Gasteiger partial charge in [0.2, 0.25) is 23.7 Å². The molecule has 0 aliphatic carbocycles. The predicted octanol–water partition coefficient (Wildman–Crippen LogP) is -5.99. The van der Waals surface area contributed by atoms with Crippen LogP contribution in [0.2, 0.25) is 0 Å². The average Bonchev–Trinajstić information content (AvgIpc) is 1.50. The quantitative estimate of drug-likeness (QED) is 0.0781. The Morgan fingerprint density at radius 2 is 0.786 bits per heavy atom. The maximum atomic E-state index is 12.0. The number of carbonyl (C=O) groups is 3. The number of halogens is 3. The fraction of sp³-hybridized carbons (Fsp3) is 0.609. The number of hydrogen-bond donors (Lipinski definition) is 4. The van der Waals surface area contributed by atoms with Gasteiger partial charge in [0.15, 0.2) is 0 Å². The minimum atomic E-state index is -1.03. The normalized spacial score (nSPS) is 18.5. The molecule has 6 aliphatic rings. The number of aromatic nitrogens is 3. The first kappa shape index (κ1) is 90.3. The standard InChI is InChI=1S/C15H22BN3O3.C12H24B2O4.C9H10BrN3O.C5H3BrFN.C4H8N2O.CH4.B28/c1-14(2)15(3,4)22-16(21-14)11-5-6-12(18-9-11)19-8-7-17-13(20)10-19;1-9(2)10(3,4)16-13(15-9)14-17-11(5,6)12(7,8)18-14;10-7-1-2-8(12-5-7)13-4-3-11-9(14)6-13;6-4-1-2-5(7)8-3-4;7-4-3-5-1-2-6-4;;1-16(2)23(15)27(24(17(3)4)18(5)6)28(25(19(7)8)20(9)10)26(21(11)12)22(13)14/h5-6,9H,7-8,10H2,1-4H3,(H,17,20);1-8H3;1-2,5H,3-4,6H2,(H,11,14);1-3H;5H,1-3H2,(H,6,7);1H4;. The molecule has 6 aliphatic heterocycles. The van der Waals surface area contributed by atoms with Crippen molar-refractivity contribution in [3.05, 3.63) is 69.9 Å². The predicted molar refractivity (Wildman–Crippen MR) is 440 cm³/mol. The number of hydrogen-bond acceptors (Lipinski definition) is 15. The van der Waals surface area contributed by atoms with Crippen LogP contribution in [0.25, 0.3) is 0 Å². The van der Waals surface area contributed by atoms with Crippen LogP contribution in [-0.2, 0) is 42.3 Å². The van der Waals surface area contributed by atoms with E-state index in [9.17, 15) is 18.8 Å². The molecule has 0 unspecified atom stereocenters. The summed E-state index contributed by atoms with van der Waals surface area (Å²) in [6.07, 6.45) is -7.33. The summed E-state index contributed by atoms with van der Waals surface area (Å²) in [5.74, 6) is 1.39. The Kier molecular flexibility index (Phi) is 36.3. The fourth-order valence-electron chi connectivity index (χ4n) is 10.9. The molecule has 9 rings (SSSR count). The van der Waals surface area contributed by atoms with Gasteiger partial charge in [-0.25, -0.2) is 15.0 Å². The molecule has 0 bridgehead atoms. The highest BCUT2D eigenvalue weighted by Crippen LogP contribution is 2.43. The van der Waals surface area contributed by atoms with Gasteiger partial charge in [-0.1, -0.05) is 13.5 Å². The van der Waals surface area contributed by atoms with Crippen molar-refractivity contribution in [3.63, 3.8) is 0 Å². The van der Waals surface area contributed by atoms with Gasteiger partial charge in [-0.05, 0) is 145 Å². The van der Waals surface area contributed by atoms with Gasteiger partial charge in [0.05, 0.1) is 53.2 Å². The number of pyridine rings is 3. The first-order valence-electron chi connectivity index (χ1n) is 32.0. The third-order valence-corrected chi connectivity index (χ3v) is 19.4. The lowest BCUT2D eigenvalue weighted by Gasteiger charge is -2.49. The molecule has 0 aromatic carbocycles. The van der Waals surface area contributed by atoms with Crippen LogP contribution in [0.4, 0.5) is 16.0 Å². The molecule has 6 fully saturated rings. The number of amides is 3. The lowest BCUT2D eigenvalue weighted by atomic mass is 8.32. The molecule has 0 spiro atoms. The molecule has 4 N–H and O–H groups in total. The maximum Gasteiger partial charge on any atom is 0.496 e. The summed E-state index contributed by atoms with van der Waals surface area (Å²) in [4.78, 5) is 48.9. The highest BCUT2D eigenvalue weighted by molar-refractivity contribution is 9.10. The van der Waals surface area contributed by atoms with Crippen LogP contribution in [0.3, 0.4) is 0 Å². The van der Waals surface area contributed by atoms with E-state index < -0.39 is 110 Å². The number of nitrogens with zero attached hydrogens (tertiary/aromatic N) is 5. The highest BCUT2D eigenvalue weighted by Gasteiger charge is 2.64. The second-order valence-corrected chi connectivity index (χ2v) is 29.3. The van der Waals surface area contributed by atoms with Gasteiger partial charge in [-0.3, -0.25) is 14.4 Å². The molecule has 98 heavy (non-hydrogen) atoms. The number of piperazine rings is 3. The van der Waals surface area contributed by atoms with Crippen molar-refractivity contribution in [1.82, 2.24) is 36.2 Å². The zero-order chi connectivity index (χ0) is 73.5. The van der Waals surface area contributed by atoms with E-state index in [0.29, 0.717) is 32.7 Å². The molecule has 3 aromatic rings. The van der Waals surface area contributed by atoms with Gasteiger partial charge in [0.1, 0.15) is 11.6 Å². The lowest BCUT2D eigenvalue weighted by Crippen LogP contribution is -2.87. The highest BCUT2D eigenvalue weighted by atomic mass is 79.9. The van der Waals surface area contributed by atoms with Crippen LogP contribution in [0.15, 0.2) is 63.9 Å². The second kappa shape index (κ2) is 39.4. The number of anilines is 2. The van der Waals surface area contributed by atoms with Gasteiger partial charge in [-0.2, -0.15) is 4.39 Å². The van der Waals surface area contributed by atoms with Gasteiger partial charge in [0.25, 0.3) is 0 Å². The Labute approximate surface area is 627 Å². The largest absolute Gasteiger partial charge is 0.496 e. The van der Waals surface area contributed by atoms with E-state index in [-0.39, 0.29) is 58.8 Å². The fourth-order valence-corrected chi connectivity index (χ4v) is 11.4. The molecule has 6 saturated heterocycles. The molecule has 3 aromatic heterocycles. The minimum absolute atomic E-state index is 0. The monoisotopic (exact) mass is 1410 g/mol. The van der Waals surface area contributed by atoms with Crippen LogP contribution >= 0.6 is 31.9 Å². The molecule has 52 heteroatoms. The van der Waals surface area contributed by atoms with Gasteiger partial charge >= 0.3 is 21.1 Å². The van der Waals surface area contributed by atoms with Crippen molar-refractivity contribution in [2.75, 3.05) is 68.7 Å². The van der Waals surface area contributed by atoms with E-state index in [4.69, 9.17) is 144 Å². The van der Waals surface area contributed by atoms with Crippen LogP contribution in [0, 0.1) is 5.95 Å². The molecule has 9 heterocycles. The topological polar surface area (TPSA) is 200 Å². The van der Waals surface area contributed by atoms with Crippen molar-refractivity contribution < 1.29 is 46.7 Å². The third kappa shape index (κ3) is 26.0. The van der Waals surface area contributed by atoms with E-state index in [2.05, 4.69) is 68.1 Å². The van der Waals surface area contributed by atoms with Crippen LogP contribution in [-0.4, -0.2) is 345 Å². The number of nitrogens with one attached hydrogen (secondary N) is 4. The van der Waals surface area contributed by atoms with E-state index in [1.807, 2.05) is 117 Å². The molecule has 468 valence electrons. The summed E-state index contributed by atoms with van der Waals surface area (Å²) in [5, 5.41) is 11.2. The summed E-state index contributed by atoms with van der Waals surface area (Å²) in [7, 11) is 88.2. The molecular weight excluding hydrogens is 1340 g/mol. The average molecular weight is 1410 g/mol. The summed E-state index contributed by atoms with van der Waals surface area (Å²) >= 11 is 6.44.